The summed E-state index contributed by atoms with van der Waals surface area (Å²) < 4.78 is 7.06. The third kappa shape index (κ3) is 6.03. The van der Waals surface area contributed by atoms with Gasteiger partial charge in [-0.05, 0) is 48.7 Å². The van der Waals surface area contributed by atoms with Crippen LogP contribution in [0, 0.1) is 0 Å². The largest absolute Gasteiger partial charge is 0.497 e. The van der Waals surface area contributed by atoms with Gasteiger partial charge in [-0.15, -0.1) is 0 Å². The summed E-state index contributed by atoms with van der Waals surface area (Å²) in [6, 6.07) is 15.8. The first-order chi connectivity index (χ1) is 20.4. The number of aryl methyl sites for hydroxylation is 1. The summed E-state index contributed by atoms with van der Waals surface area (Å²) in [6.07, 6.45) is 9.20. The lowest BCUT2D eigenvalue weighted by Crippen LogP contribution is -2.59. The molecule has 9 nitrogen and oxygen atoms in total. The van der Waals surface area contributed by atoms with Crippen molar-refractivity contribution in [2.45, 2.75) is 24.9 Å². The number of ether oxygens (including phenoxy) is 1. The van der Waals surface area contributed by atoms with E-state index in [4.69, 9.17) is 16.3 Å². The quantitative estimate of drug-likeness (QED) is 0.272. The number of aldehydes is 1. The van der Waals surface area contributed by atoms with E-state index in [0.29, 0.717) is 37.5 Å². The van der Waals surface area contributed by atoms with Gasteiger partial charge in [-0.1, -0.05) is 48.0 Å². The molecule has 0 unspecified atom stereocenters. The topological polar surface area (TPSA) is 92.6 Å². The van der Waals surface area contributed by atoms with E-state index in [1.54, 1.807) is 29.9 Å². The van der Waals surface area contributed by atoms with Gasteiger partial charge >= 0.3 is 0 Å². The Morgan fingerprint density at radius 1 is 1.05 bits per heavy atom. The highest BCUT2D eigenvalue weighted by atomic mass is 35.5. The van der Waals surface area contributed by atoms with E-state index in [-0.39, 0.29) is 12.5 Å². The molecule has 0 bridgehead atoms. The highest BCUT2D eigenvalue weighted by Gasteiger charge is 2.42. The molecule has 4 aromatic rings. The Bertz CT molecular complexity index is 1530. The van der Waals surface area contributed by atoms with Crippen LogP contribution < -0.4 is 15.0 Å². The number of carbonyl (C=O) groups excluding carboxylic acids is 2. The molecule has 3 heterocycles. The number of rotatable bonds is 10. The van der Waals surface area contributed by atoms with Gasteiger partial charge in [0.05, 0.1) is 30.6 Å². The Kier molecular flexibility index (Phi) is 8.89. The van der Waals surface area contributed by atoms with Crippen molar-refractivity contribution in [2.24, 2.45) is 7.05 Å². The minimum atomic E-state index is -0.935. The number of amides is 1. The lowest BCUT2D eigenvalue weighted by atomic mass is 9.85. The van der Waals surface area contributed by atoms with Crippen molar-refractivity contribution in [2.75, 3.05) is 38.7 Å². The van der Waals surface area contributed by atoms with E-state index < -0.39 is 5.54 Å². The molecule has 0 radical (unpaired) electrons. The van der Waals surface area contributed by atoms with Crippen LogP contribution in [-0.2, 0) is 23.2 Å². The van der Waals surface area contributed by atoms with Crippen molar-refractivity contribution in [3.63, 3.8) is 0 Å². The molecule has 10 heteroatoms. The number of halogens is 1. The molecule has 2 aromatic carbocycles. The normalized spacial score (nSPS) is 14.4. The second-order valence-corrected chi connectivity index (χ2v) is 11.0. The minimum Gasteiger partial charge on any atom is -0.497 e. The van der Waals surface area contributed by atoms with Crippen LogP contribution in [-0.4, -0.2) is 71.2 Å². The summed E-state index contributed by atoms with van der Waals surface area (Å²) >= 11 is 6.77. The van der Waals surface area contributed by atoms with Crippen molar-refractivity contribution in [3.8, 4) is 28.0 Å². The zero-order valence-electron chi connectivity index (χ0n) is 24.1. The molecule has 218 valence electrons. The standard InChI is InChI=1S/C32H35ClN6O3/c1-34-19-30(41)39(20-23-4-10-27(42-3)11-5-23)32(22-40)12-14-38(15-13-32)31-28(17-35-18-29(31)33)25-8-6-24(7-9-25)26-16-36-37(2)21-26/h4-11,16-18,21-22,34H,12-15,19-20H2,1-3H3. The first-order valence-electron chi connectivity index (χ1n) is 13.9. The van der Waals surface area contributed by atoms with E-state index in [9.17, 15) is 9.59 Å². The van der Waals surface area contributed by atoms with Crippen LogP contribution in [0.1, 0.15) is 18.4 Å². The number of pyridine rings is 1. The maximum Gasteiger partial charge on any atom is 0.237 e. The molecule has 1 saturated heterocycles. The van der Waals surface area contributed by atoms with Crippen LogP contribution in [0.5, 0.6) is 5.75 Å². The fourth-order valence-corrected chi connectivity index (χ4v) is 5.87. The highest BCUT2D eigenvalue weighted by Crippen LogP contribution is 2.40. The molecule has 2 aromatic heterocycles. The fraction of sp³-hybridized carbons (Fsp3) is 0.312. The Hall–Kier alpha value is -4.21. The van der Waals surface area contributed by atoms with Gasteiger partial charge in [0.1, 0.15) is 17.6 Å². The Morgan fingerprint density at radius 3 is 2.33 bits per heavy atom. The number of nitrogens with zero attached hydrogens (tertiary/aromatic N) is 5. The van der Waals surface area contributed by atoms with Gasteiger partial charge in [0, 0.05) is 56.4 Å². The summed E-state index contributed by atoms with van der Waals surface area (Å²) in [7, 11) is 5.25. The van der Waals surface area contributed by atoms with Crippen molar-refractivity contribution < 1.29 is 14.3 Å². The third-order valence-electron chi connectivity index (χ3n) is 7.94. The fourth-order valence-electron chi connectivity index (χ4n) is 5.60. The number of methoxy groups -OCH3 is 1. The van der Waals surface area contributed by atoms with Crippen LogP contribution in [0.3, 0.4) is 0 Å². The number of hydrogen-bond donors (Lipinski definition) is 1. The third-order valence-corrected chi connectivity index (χ3v) is 8.21. The number of likely N-dealkylation sites (N-methyl/N-ethyl adjacent to an activating group) is 1. The number of aromatic nitrogens is 3. The molecule has 0 saturated carbocycles. The maximum absolute atomic E-state index is 13.3. The van der Waals surface area contributed by atoms with E-state index in [1.807, 2.05) is 49.9 Å². The van der Waals surface area contributed by atoms with Gasteiger partial charge in [-0.3, -0.25) is 14.5 Å². The number of anilines is 1. The van der Waals surface area contributed by atoms with Gasteiger partial charge in [0.25, 0.3) is 0 Å². The predicted molar refractivity (Wildman–Crippen MR) is 165 cm³/mol. The molecule has 1 aliphatic heterocycles. The highest BCUT2D eigenvalue weighted by molar-refractivity contribution is 6.33. The molecule has 1 aliphatic rings. The van der Waals surface area contributed by atoms with Crippen LogP contribution in [0.4, 0.5) is 5.69 Å². The molecular weight excluding hydrogens is 552 g/mol. The summed E-state index contributed by atoms with van der Waals surface area (Å²) in [5.74, 6) is 0.618. The summed E-state index contributed by atoms with van der Waals surface area (Å²) in [6.45, 7) is 1.57. The van der Waals surface area contributed by atoms with Gasteiger partial charge in [0.15, 0.2) is 0 Å². The van der Waals surface area contributed by atoms with Crippen molar-refractivity contribution in [1.29, 1.82) is 0 Å². The molecule has 1 N–H and O–H groups in total. The van der Waals surface area contributed by atoms with Crippen LogP contribution in [0.2, 0.25) is 5.02 Å². The van der Waals surface area contributed by atoms with Gasteiger partial charge in [-0.2, -0.15) is 5.10 Å². The van der Waals surface area contributed by atoms with E-state index >= 15 is 0 Å². The molecule has 0 spiro atoms. The molecule has 1 fully saturated rings. The van der Waals surface area contributed by atoms with Gasteiger partial charge in [0.2, 0.25) is 5.91 Å². The first kappa shape index (κ1) is 29.3. The average molecular weight is 587 g/mol. The number of piperidine rings is 1. The number of benzene rings is 2. The zero-order valence-corrected chi connectivity index (χ0v) is 24.8. The van der Waals surface area contributed by atoms with Crippen LogP contribution in [0.15, 0.2) is 73.3 Å². The van der Waals surface area contributed by atoms with Gasteiger partial charge in [-0.25, -0.2) is 0 Å². The lowest BCUT2D eigenvalue weighted by molar-refractivity contribution is -0.143. The van der Waals surface area contributed by atoms with Crippen molar-refractivity contribution in [3.05, 3.63) is 83.9 Å². The maximum atomic E-state index is 13.3. The Labute approximate surface area is 251 Å². The Morgan fingerprint density at radius 2 is 1.74 bits per heavy atom. The minimum absolute atomic E-state index is 0.120. The average Bonchev–Trinajstić information content (AvgIpc) is 3.46. The molecule has 5 rings (SSSR count). The number of carbonyl (C=O) groups is 2. The van der Waals surface area contributed by atoms with Crippen molar-refractivity contribution >= 4 is 29.5 Å². The molecular formula is C32H35ClN6O3. The van der Waals surface area contributed by atoms with Crippen LogP contribution in [0.25, 0.3) is 22.3 Å². The summed E-state index contributed by atoms with van der Waals surface area (Å²) in [5, 5.41) is 7.76. The predicted octanol–water partition coefficient (Wildman–Crippen LogP) is 4.60. The smallest absolute Gasteiger partial charge is 0.237 e. The monoisotopic (exact) mass is 586 g/mol. The Balaban J connectivity index is 1.39. The number of hydrogen-bond acceptors (Lipinski definition) is 7. The lowest BCUT2D eigenvalue weighted by Gasteiger charge is -2.46. The second-order valence-electron chi connectivity index (χ2n) is 10.6. The number of nitrogens with one attached hydrogen (secondary N) is 1. The van der Waals surface area contributed by atoms with Gasteiger partial charge < -0.3 is 24.6 Å². The summed E-state index contributed by atoms with van der Waals surface area (Å²) in [5.41, 5.74) is 4.89. The van der Waals surface area contributed by atoms with Crippen molar-refractivity contribution in [1.82, 2.24) is 25.0 Å². The van der Waals surface area contributed by atoms with E-state index in [0.717, 1.165) is 45.5 Å². The van der Waals surface area contributed by atoms with Crippen LogP contribution >= 0.6 is 11.6 Å². The second kappa shape index (κ2) is 12.8. The SMILES string of the molecule is CNCC(=O)N(Cc1ccc(OC)cc1)C1(C=O)CCN(c2c(Cl)cncc2-c2ccc(-c3cnn(C)c3)cc2)CC1. The summed E-state index contributed by atoms with van der Waals surface area (Å²) in [4.78, 5) is 34.4. The molecule has 42 heavy (non-hydrogen) atoms. The van der Waals surface area contributed by atoms with E-state index in [1.165, 1.54) is 0 Å². The van der Waals surface area contributed by atoms with E-state index in [2.05, 4.69) is 44.6 Å². The zero-order chi connectivity index (χ0) is 29.7. The molecule has 0 aliphatic carbocycles. The first-order valence-corrected chi connectivity index (χ1v) is 14.3. The molecule has 0 atom stereocenters. The molecule has 1 amide bonds.